The number of halogens is 1. The van der Waals surface area contributed by atoms with E-state index in [1.54, 1.807) is 13.8 Å². The highest BCUT2D eigenvalue weighted by molar-refractivity contribution is 5.89. The molecule has 2 atom stereocenters. The topological polar surface area (TPSA) is 131 Å². The number of aliphatic carboxylic acids is 1. The zero-order valence-corrected chi connectivity index (χ0v) is 20.8. The number of amides is 2. The Kier molecular flexibility index (Phi) is 10.5. The molecule has 1 aliphatic rings. The van der Waals surface area contributed by atoms with Crippen molar-refractivity contribution in [3.05, 3.63) is 59.7 Å². The third-order valence-electron chi connectivity index (χ3n) is 6.13. The normalized spacial score (nSPS) is 13.7. The number of hydrogen-bond acceptors (Lipinski definition) is 5. The van der Waals surface area contributed by atoms with E-state index in [0.29, 0.717) is 19.4 Å². The summed E-state index contributed by atoms with van der Waals surface area (Å²) in [5.74, 6) is -2.03. The van der Waals surface area contributed by atoms with Crippen molar-refractivity contribution in [2.24, 2.45) is 11.7 Å². The number of carbonyl (C=O) groups is 3. The number of benzene rings is 2. The van der Waals surface area contributed by atoms with Crippen LogP contribution in [0, 0.1) is 5.92 Å². The number of hydrogen-bond donors (Lipinski definition) is 4. The minimum absolute atomic E-state index is 0. The monoisotopic (exact) mass is 503 g/mol. The molecule has 2 aromatic carbocycles. The number of ether oxygens (including phenoxy) is 1. The minimum atomic E-state index is -1.12. The number of carbonyl (C=O) groups excluding carboxylic acids is 2. The summed E-state index contributed by atoms with van der Waals surface area (Å²) in [6, 6.07) is 14.1. The molecule has 5 N–H and O–H groups in total. The smallest absolute Gasteiger partial charge is 0.407 e. The summed E-state index contributed by atoms with van der Waals surface area (Å²) in [4.78, 5) is 37.0. The Morgan fingerprint density at radius 1 is 0.971 bits per heavy atom. The van der Waals surface area contributed by atoms with E-state index in [1.165, 1.54) is 0 Å². The summed E-state index contributed by atoms with van der Waals surface area (Å²) >= 11 is 0. The highest BCUT2D eigenvalue weighted by Gasteiger charge is 2.31. The Hall–Kier alpha value is -3.10. The van der Waals surface area contributed by atoms with Crippen LogP contribution in [0.5, 0.6) is 0 Å². The summed E-state index contributed by atoms with van der Waals surface area (Å²) in [5, 5.41) is 14.6. The van der Waals surface area contributed by atoms with E-state index in [9.17, 15) is 19.5 Å². The van der Waals surface area contributed by atoms with Crippen LogP contribution in [0.25, 0.3) is 11.1 Å². The summed E-state index contributed by atoms with van der Waals surface area (Å²) in [5.41, 5.74) is 9.90. The molecule has 8 nitrogen and oxygen atoms in total. The second-order valence-corrected chi connectivity index (χ2v) is 8.88. The zero-order chi connectivity index (χ0) is 24.7. The number of carboxylic acids is 1. The fourth-order valence-corrected chi connectivity index (χ4v) is 4.31. The van der Waals surface area contributed by atoms with Gasteiger partial charge in [-0.25, -0.2) is 9.59 Å². The number of unbranched alkanes of at least 4 members (excludes halogenated alkanes) is 1. The highest BCUT2D eigenvalue weighted by atomic mass is 35.5. The van der Waals surface area contributed by atoms with E-state index in [2.05, 4.69) is 22.8 Å². The Morgan fingerprint density at radius 3 is 2.06 bits per heavy atom. The zero-order valence-electron chi connectivity index (χ0n) is 20.0. The molecule has 2 amide bonds. The third kappa shape index (κ3) is 6.96. The van der Waals surface area contributed by atoms with Crippen molar-refractivity contribution in [3.63, 3.8) is 0 Å². The van der Waals surface area contributed by atoms with Gasteiger partial charge in [0.2, 0.25) is 5.91 Å². The van der Waals surface area contributed by atoms with Gasteiger partial charge in [0.15, 0.2) is 0 Å². The standard InChI is InChI=1S/C26H33N3O5.ClH/c1-16(2)23(24(30)28-22(25(31)32)13-7-8-14-27)29-26(33)34-15-21-19-11-5-3-9-17(19)18-10-4-6-12-20(18)21;/h3-6,9-12,16,21-23H,7-8,13-15,27H2,1-2H3,(H,28,30)(H,29,33)(H,31,32);1H/t22-,23-;/m0./s1. The average molecular weight is 504 g/mol. The van der Waals surface area contributed by atoms with Crippen LogP contribution in [-0.4, -0.2) is 48.3 Å². The molecular weight excluding hydrogens is 470 g/mol. The van der Waals surface area contributed by atoms with Crippen LogP contribution in [0.3, 0.4) is 0 Å². The molecule has 0 radical (unpaired) electrons. The fourth-order valence-electron chi connectivity index (χ4n) is 4.31. The highest BCUT2D eigenvalue weighted by Crippen LogP contribution is 2.44. The molecule has 0 fully saturated rings. The van der Waals surface area contributed by atoms with Gasteiger partial charge in [0, 0.05) is 5.92 Å². The van der Waals surface area contributed by atoms with Crippen LogP contribution in [0.15, 0.2) is 48.5 Å². The van der Waals surface area contributed by atoms with E-state index in [0.717, 1.165) is 22.3 Å². The first-order valence-corrected chi connectivity index (χ1v) is 11.7. The van der Waals surface area contributed by atoms with Crippen LogP contribution in [0.1, 0.15) is 50.2 Å². The molecule has 35 heavy (non-hydrogen) atoms. The fraction of sp³-hybridized carbons (Fsp3) is 0.423. The molecule has 1 aliphatic carbocycles. The van der Waals surface area contributed by atoms with Crippen molar-refractivity contribution in [2.75, 3.05) is 13.2 Å². The van der Waals surface area contributed by atoms with Gasteiger partial charge in [0.25, 0.3) is 0 Å². The first-order chi connectivity index (χ1) is 16.3. The molecule has 0 spiro atoms. The van der Waals surface area contributed by atoms with Crippen LogP contribution in [0.4, 0.5) is 4.79 Å². The molecule has 3 rings (SSSR count). The Morgan fingerprint density at radius 2 is 1.54 bits per heavy atom. The lowest BCUT2D eigenvalue weighted by atomic mass is 9.98. The summed E-state index contributed by atoms with van der Waals surface area (Å²) in [6.45, 7) is 4.14. The van der Waals surface area contributed by atoms with Crippen LogP contribution in [-0.2, 0) is 14.3 Å². The molecule has 190 valence electrons. The Balaban J connectivity index is 0.00000432. The van der Waals surface area contributed by atoms with Gasteiger partial charge in [0.1, 0.15) is 18.7 Å². The molecule has 0 aromatic heterocycles. The second kappa shape index (κ2) is 13.1. The SMILES string of the molecule is CC(C)[C@H](NC(=O)OCC1c2ccccc2-c2ccccc21)C(=O)N[C@@H](CCCCN)C(=O)O.Cl. The van der Waals surface area contributed by atoms with Crippen molar-refractivity contribution in [3.8, 4) is 11.1 Å². The molecule has 9 heteroatoms. The summed E-state index contributed by atoms with van der Waals surface area (Å²) in [6.07, 6.45) is 0.810. The summed E-state index contributed by atoms with van der Waals surface area (Å²) < 4.78 is 5.54. The van der Waals surface area contributed by atoms with Crippen molar-refractivity contribution < 1.29 is 24.2 Å². The Labute approximate surface area is 212 Å². The molecule has 0 heterocycles. The van der Waals surface area contributed by atoms with Crippen molar-refractivity contribution in [2.45, 2.75) is 51.1 Å². The Bertz CT molecular complexity index is 984. The van der Waals surface area contributed by atoms with Gasteiger partial charge in [-0.05, 0) is 54.0 Å². The lowest BCUT2D eigenvalue weighted by Gasteiger charge is -2.24. The second-order valence-electron chi connectivity index (χ2n) is 8.88. The van der Waals surface area contributed by atoms with Gasteiger partial charge in [-0.15, -0.1) is 12.4 Å². The molecular formula is C26H34ClN3O5. The maximum atomic E-state index is 12.8. The van der Waals surface area contributed by atoms with Gasteiger partial charge < -0.3 is 26.2 Å². The first kappa shape index (κ1) is 28.1. The number of alkyl carbamates (subject to hydrolysis) is 1. The molecule has 2 aromatic rings. The number of rotatable bonds is 11. The largest absolute Gasteiger partial charge is 0.480 e. The molecule has 0 unspecified atom stereocenters. The lowest BCUT2D eigenvalue weighted by Crippen LogP contribution is -2.53. The van der Waals surface area contributed by atoms with E-state index >= 15 is 0 Å². The molecule has 0 bridgehead atoms. The number of fused-ring (bicyclic) bond motifs is 3. The van der Waals surface area contributed by atoms with E-state index in [4.69, 9.17) is 10.5 Å². The van der Waals surface area contributed by atoms with Gasteiger partial charge in [-0.3, -0.25) is 4.79 Å². The van der Waals surface area contributed by atoms with Gasteiger partial charge in [-0.1, -0.05) is 62.4 Å². The van der Waals surface area contributed by atoms with Crippen LogP contribution in [0.2, 0.25) is 0 Å². The maximum absolute atomic E-state index is 12.8. The average Bonchev–Trinajstić information content (AvgIpc) is 3.14. The van der Waals surface area contributed by atoms with Gasteiger partial charge >= 0.3 is 12.1 Å². The third-order valence-corrected chi connectivity index (χ3v) is 6.13. The number of nitrogens with two attached hydrogens (primary N) is 1. The van der Waals surface area contributed by atoms with Gasteiger partial charge in [-0.2, -0.15) is 0 Å². The van der Waals surface area contributed by atoms with Gasteiger partial charge in [0.05, 0.1) is 0 Å². The number of nitrogens with one attached hydrogen (secondary N) is 2. The van der Waals surface area contributed by atoms with Crippen molar-refractivity contribution in [1.29, 1.82) is 0 Å². The maximum Gasteiger partial charge on any atom is 0.407 e. The lowest BCUT2D eigenvalue weighted by molar-refractivity contribution is -0.142. The summed E-state index contributed by atoms with van der Waals surface area (Å²) in [7, 11) is 0. The molecule has 0 saturated heterocycles. The van der Waals surface area contributed by atoms with Crippen molar-refractivity contribution >= 4 is 30.4 Å². The van der Waals surface area contributed by atoms with E-state index < -0.39 is 30.1 Å². The predicted molar refractivity (Wildman–Crippen MR) is 137 cm³/mol. The van der Waals surface area contributed by atoms with E-state index in [1.807, 2.05) is 36.4 Å². The van der Waals surface area contributed by atoms with Crippen molar-refractivity contribution in [1.82, 2.24) is 10.6 Å². The first-order valence-electron chi connectivity index (χ1n) is 11.7. The van der Waals surface area contributed by atoms with Crippen LogP contribution < -0.4 is 16.4 Å². The van der Waals surface area contributed by atoms with E-state index in [-0.39, 0.29) is 37.3 Å². The number of carboxylic acid groups (broad SMARTS) is 1. The quantitative estimate of drug-likeness (QED) is 0.346. The minimum Gasteiger partial charge on any atom is -0.480 e. The van der Waals surface area contributed by atoms with Crippen LogP contribution >= 0.6 is 12.4 Å². The predicted octanol–water partition coefficient (Wildman–Crippen LogP) is 3.67. The molecule has 0 saturated carbocycles. The molecule has 0 aliphatic heterocycles.